The molecule has 0 aromatic rings. The Balaban J connectivity index is 3.09. The molecule has 0 radical (unpaired) electrons. The summed E-state index contributed by atoms with van der Waals surface area (Å²) in [6.45, 7) is 8.04. The van der Waals surface area contributed by atoms with Gasteiger partial charge in [-0.25, -0.2) is 5.84 Å². The second-order valence-corrected chi connectivity index (χ2v) is 7.89. The maximum atomic E-state index is 12.7. The predicted octanol–water partition coefficient (Wildman–Crippen LogP) is 4.16. The lowest BCUT2D eigenvalue weighted by Gasteiger charge is -2.23. The van der Waals surface area contributed by atoms with E-state index in [2.05, 4.69) is 23.8 Å². The Hall–Kier alpha value is -3.39. The number of nitrogens with two attached hydrogens (primary N) is 1. The number of carboxylic acids is 1. The molecule has 8 heteroatoms. The van der Waals surface area contributed by atoms with Crippen LogP contribution in [0.1, 0.15) is 52.4 Å². The summed E-state index contributed by atoms with van der Waals surface area (Å²) in [5.74, 6) is 5.95. The Labute approximate surface area is 202 Å². The first-order valence-electron chi connectivity index (χ1n) is 11.5. The molecule has 1 amide bonds. The Kier molecular flexibility index (Phi) is 13.7. The van der Waals surface area contributed by atoms with Gasteiger partial charge in [0.2, 0.25) is 5.91 Å². The molecule has 0 bridgehead atoms. The summed E-state index contributed by atoms with van der Waals surface area (Å²) in [5, 5.41) is 13.5. The van der Waals surface area contributed by atoms with E-state index < -0.39 is 12.0 Å². The fourth-order valence-electron chi connectivity index (χ4n) is 3.28. The van der Waals surface area contributed by atoms with E-state index in [-0.39, 0.29) is 18.7 Å². The molecular weight excluding hydrogens is 432 g/mol. The van der Waals surface area contributed by atoms with Crippen LogP contribution >= 0.6 is 0 Å². The van der Waals surface area contributed by atoms with Crippen molar-refractivity contribution in [2.75, 3.05) is 13.7 Å². The second kappa shape index (κ2) is 16.3. The third-order valence-corrected chi connectivity index (χ3v) is 5.13. The summed E-state index contributed by atoms with van der Waals surface area (Å²) in [7, 11) is 1.59. The molecule has 0 aromatic heterocycles. The lowest BCUT2D eigenvalue weighted by atomic mass is 10.0. The van der Waals surface area contributed by atoms with Gasteiger partial charge in [0.05, 0.1) is 31.5 Å². The third kappa shape index (κ3) is 11.0. The molecule has 0 aliphatic carbocycles. The molecule has 0 fully saturated rings. The number of carbonyl (C=O) groups is 2. The maximum Gasteiger partial charge on any atom is 0.305 e. The number of aliphatic carboxylic acids is 1. The van der Waals surface area contributed by atoms with E-state index in [1.54, 1.807) is 43.7 Å². The van der Waals surface area contributed by atoms with Crippen molar-refractivity contribution in [1.29, 1.82) is 0 Å². The van der Waals surface area contributed by atoms with Gasteiger partial charge in [0, 0.05) is 18.7 Å². The Morgan fingerprint density at radius 1 is 1.35 bits per heavy atom. The van der Waals surface area contributed by atoms with Crippen LogP contribution in [-0.2, 0) is 14.3 Å². The van der Waals surface area contributed by atoms with Gasteiger partial charge in [-0.05, 0) is 37.1 Å². The molecule has 0 saturated heterocycles. The zero-order valence-electron chi connectivity index (χ0n) is 20.5. The standard InChI is InChI=1S/C26H38N4O4/c1-5-7-9-11-20(3)24(30(27)22-13-14-23(34-4)19-28-18-22)15-16-25(31)29-21(17-26(32)33)12-10-8-6-2/h5,7,9,11,13-15,18,21H,1,6,8,10,12,16-17,19,27H2,2-4H3,(H,29,31)(H,32,33)/b9-7-,20-11+,24-15-. The number of nitrogens with zero attached hydrogens (tertiary/aromatic N) is 2. The molecule has 0 aromatic carbocycles. The molecule has 1 atom stereocenters. The van der Waals surface area contributed by atoms with Crippen LogP contribution in [0.3, 0.4) is 0 Å². The highest BCUT2D eigenvalue weighted by atomic mass is 16.5. The molecule has 0 spiro atoms. The highest BCUT2D eigenvalue weighted by molar-refractivity contribution is 5.80. The number of ether oxygens (including phenoxy) is 1. The van der Waals surface area contributed by atoms with E-state index in [4.69, 9.17) is 10.6 Å². The van der Waals surface area contributed by atoms with E-state index in [1.807, 2.05) is 19.1 Å². The van der Waals surface area contributed by atoms with E-state index >= 15 is 0 Å². The van der Waals surface area contributed by atoms with E-state index in [1.165, 1.54) is 5.01 Å². The normalized spacial score (nSPS) is 15.3. The number of allylic oxidation sites excluding steroid dienone is 8. The molecule has 1 aliphatic heterocycles. The van der Waals surface area contributed by atoms with Gasteiger partial charge in [-0.15, -0.1) is 0 Å². The Morgan fingerprint density at radius 2 is 2.12 bits per heavy atom. The van der Waals surface area contributed by atoms with Crippen LogP contribution in [0.2, 0.25) is 0 Å². The molecule has 1 aliphatic rings. The molecule has 34 heavy (non-hydrogen) atoms. The number of methoxy groups -OCH3 is 1. The van der Waals surface area contributed by atoms with Crippen molar-refractivity contribution in [3.05, 3.63) is 71.8 Å². The number of aliphatic imine (C=N–C) groups is 1. The SMILES string of the molecule is C=C\C=C/C=C(C)/C(=C/CC(=O)NC(CCCCC)CC(=O)O)N(N)C1=CC=C(OC)CN=C1. The lowest BCUT2D eigenvalue weighted by molar-refractivity contribution is -0.137. The first-order valence-corrected chi connectivity index (χ1v) is 11.5. The minimum Gasteiger partial charge on any atom is -0.499 e. The molecule has 1 rings (SSSR count). The van der Waals surface area contributed by atoms with Gasteiger partial charge in [-0.2, -0.15) is 0 Å². The molecule has 8 nitrogen and oxygen atoms in total. The van der Waals surface area contributed by atoms with Gasteiger partial charge >= 0.3 is 5.97 Å². The lowest BCUT2D eigenvalue weighted by Crippen LogP contribution is -2.36. The van der Waals surface area contributed by atoms with Crippen LogP contribution < -0.4 is 11.2 Å². The highest BCUT2D eigenvalue weighted by Crippen LogP contribution is 2.19. The molecule has 1 unspecified atom stereocenters. The predicted molar refractivity (Wildman–Crippen MR) is 137 cm³/mol. The van der Waals surface area contributed by atoms with Crippen LogP contribution in [0.25, 0.3) is 0 Å². The fraction of sp³-hybridized carbons (Fsp3) is 0.423. The van der Waals surface area contributed by atoms with Crippen molar-refractivity contribution < 1.29 is 19.4 Å². The van der Waals surface area contributed by atoms with Crippen LogP contribution in [0.15, 0.2) is 76.8 Å². The average Bonchev–Trinajstić information content (AvgIpc) is 3.04. The monoisotopic (exact) mass is 470 g/mol. The fourth-order valence-corrected chi connectivity index (χ4v) is 3.28. The maximum absolute atomic E-state index is 12.7. The highest BCUT2D eigenvalue weighted by Gasteiger charge is 2.17. The van der Waals surface area contributed by atoms with E-state index in [9.17, 15) is 14.7 Å². The molecular formula is C26H38N4O4. The van der Waals surface area contributed by atoms with Crippen LogP contribution in [0, 0.1) is 0 Å². The Bertz CT molecular complexity index is 881. The van der Waals surface area contributed by atoms with Gasteiger partial charge in [0.15, 0.2) is 0 Å². The summed E-state index contributed by atoms with van der Waals surface area (Å²) in [6, 6.07) is -0.399. The van der Waals surface area contributed by atoms with Crippen molar-refractivity contribution in [2.45, 2.75) is 58.4 Å². The van der Waals surface area contributed by atoms with Crippen molar-refractivity contribution in [3.8, 4) is 0 Å². The Morgan fingerprint density at radius 3 is 2.76 bits per heavy atom. The number of hydrogen-bond donors (Lipinski definition) is 3. The van der Waals surface area contributed by atoms with Gasteiger partial charge in [-0.3, -0.25) is 19.6 Å². The number of amides is 1. The number of carbonyl (C=O) groups excluding carboxylic acids is 1. The summed E-state index contributed by atoms with van der Waals surface area (Å²) < 4.78 is 5.26. The minimum absolute atomic E-state index is 0.0485. The number of unbranched alkanes of at least 4 members (excludes halogenated alkanes) is 2. The van der Waals surface area contributed by atoms with Gasteiger partial charge < -0.3 is 15.2 Å². The van der Waals surface area contributed by atoms with Crippen molar-refractivity contribution in [2.24, 2.45) is 10.8 Å². The number of rotatable bonds is 15. The second-order valence-electron chi connectivity index (χ2n) is 7.89. The molecule has 1 heterocycles. The van der Waals surface area contributed by atoms with E-state index in [0.717, 1.165) is 24.8 Å². The first-order chi connectivity index (χ1) is 16.3. The van der Waals surface area contributed by atoms with E-state index in [0.29, 0.717) is 30.1 Å². The van der Waals surface area contributed by atoms with Crippen molar-refractivity contribution >= 4 is 18.1 Å². The average molecular weight is 471 g/mol. The topological polar surface area (TPSA) is 117 Å². The van der Waals surface area contributed by atoms with Gasteiger partial charge in [0.1, 0.15) is 5.76 Å². The zero-order chi connectivity index (χ0) is 25.3. The number of nitrogens with one attached hydrogen (secondary N) is 1. The third-order valence-electron chi connectivity index (χ3n) is 5.13. The molecule has 186 valence electrons. The largest absolute Gasteiger partial charge is 0.499 e. The number of carboxylic acid groups (broad SMARTS) is 1. The number of hydrogen-bond acceptors (Lipinski definition) is 6. The van der Waals surface area contributed by atoms with Gasteiger partial charge in [-0.1, -0.05) is 57.1 Å². The van der Waals surface area contributed by atoms with Gasteiger partial charge in [0.25, 0.3) is 0 Å². The van der Waals surface area contributed by atoms with Crippen molar-refractivity contribution in [1.82, 2.24) is 10.3 Å². The summed E-state index contributed by atoms with van der Waals surface area (Å²) in [6.07, 6.45) is 17.6. The summed E-state index contributed by atoms with van der Waals surface area (Å²) in [4.78, 5) is 28.2. The van der Waals surface area contributed by atoms with Crippen molar-refractivity contribution in [3.63, 3.8) is 0 Å². The number of hydrazine groups is 1. The summed E-state index contributed by atoms with van der Waals surface area (Å²) in [5.41, 5.74) is 2.08. The van der Waals surface area contributed by atoms with Crippen LogP contribution in [0.4, 0.5) is 0 Å². The summed E-state index contributed by atoms with van der Waals surface area (Å²) >= 11 is 0. The molecule has 4 N–H and O–H groups in total. The van der Waals surface area contributed by atoms with Crippen LogP contribution in [0.5, 0.6) is 0 Å². The minimum atomic E-state index is -0.929. The molecule has 0 saturated carbocycles. The zero-order valence-corrected chi connectivity index (χ0v) is 20.5. The quantitative estimate of drug-likeness (QED) is 0.143. The first kappa shape index (κ1) is 28.6. The smallest absolute Gasteiger partial charge is 0.305 e. The van der Waals surface area contributed by atoms with Crippen LogP contribution in [-0.4, -0.2) is 47.9 Å².